The van der Waals surface area contributed by atoms with E-state index < -0.39 is 0 Å². The fraction of sp³-hybridized carbons (Fsp3) is 0.227. The van der Waals surface area contributed by atoms with E-state index in [9.17, 15) is 4.79 Å². The van der Waals surface area contributed by atoms with Gasteiger partial charge in [-0.25, -0.2) is 0 Å². The van der Waals surface area contributed by atoms with Gasteiger partial charge in [-0.2, -0.15) is 0 Å². The molecule has 0 aliphatic rings. The number of benzene rings is 2. The van der Waals surface area contributed by atoms with Crippen LogP contribution in [0.4, 0.5) is 0 Å². The van der Waals surface area contributed by atoms with Gasteiger partial charge >= 0.3 is 0 Å². The van der Waals surface area contributed by atoms with Gasteiger partial charge in [0.25, 0.3) is 0 Å². The monoisotopic (exact) mass is 317 g/mol. The highest BCUT2D eigenvalue weighted by molar-refractivity contribution is 5.95. The second kappa shape index (κ2) is 6.88. The number of aromatic amines is 1. The molecule has 0 aliphatic heterocycles. The van der Waals surface area contributed by atoms with Gasteiger partial charge in [0.1, 0.15) is 0 Å². The van der Waals surface area contributed by atoms with Crippen molar-refractivity contribution < 1.29 is 4.79 Å². The summed E-state index contributed by atoms with van der Waals surface area (Å²) < 4.78 is 0. The van der Waals surface area contributed by atoms with Crippen LogP contribution in [-0.2, 0) is 0 Å². The lowest BCUT2D eigenvalue weighted by atomic mass is 9.90. The van der Waals surface area contributed by atoms with Gasteiger partial charge in [0.2, 0.25) is 0 Å². The quantitative estimate of drug-likeness (QED) is 0.432. The predicted molar refractivity (Wildman–Crippen MR) is 102 cm³/mol. The van der Waals surface area contributed by atoms with Gasteiger partial charge in [0.05, 0.1) is 5.69 Å². The van der Waals surface area contributed by atoms with Gasteiger partial charge < -0.3 is 4.98 Å². The van der Waals surface area contributed by atoms with Gasteiger partial charge in [-0.15, -0.1) is 6.58 Å². The van der Waals surface area contributed by atoms with Gasteiger partial charge in [-0.1, -0.05) is 61.9 Å². The zero-order chi connectivity index (χ0) is 17.1. The van der Waals surface area contributed by atoms with Crippen LogP contribution in [0.1, 0.15) is 48.5 Å². The van der Waals surface area contributed by atoms with E-state index in [1.165, 1.54) is 10.9 Å². The molecule has 0 saturated heterocycles. The van der Waals surface area contributed by atoms with Crippen LogP contribution in [-0.4, -0.2) is 10.8 Å². The SMILES string of the molecule is C=CC(CCC)c1c(-c2ccc(C(C)=O)cc2)[nH]c2ccccc12. The molecule has 0 bridgehead atoms. The molecule has 3 rings (SSSR count). The molecule has 0 aliphatic carbocycles. The number of fused-ring (bicyclic) bond motifs is 1. The number of para-hydroxylation sites is 1. The van der Waals surface area contributed by atoms with Gasteiger partial charge in [0, 0.05) is 22.4 Å². The summed E-state index contributed by atoms with van der Waals surface area (Å²) in [6.07, 6.45) is 4.23. The Morgan fingerprint density at radius 3 is 2.50 bits per heavy atom. The molecular formula is C22H23NO. The van der Waals surface area contributed by atoms with Crippen LogP contribution in [0, 0.1) is 0 Å². The van der Waals surface area contributed by atoms with Crippen LogP contribution in [0.2, 0.25) is 0 Å². The molecule has 1 atom stereocenters. The average Bonchev–Trinajstić information content (AvgIpc) is 2.99. The molecule has 2 aromatic carbocycles. The van der Waals surface area contributed by atoms with Crippen LogP contribution < -0.4 is 0 Å². The van der Waals surface area contributed by atoms with Crippen molar-refractivity contribution in [3.05, 3.63) is 72.3 Å². The number of H-pyrrole nitrogens is 1. The Balaban J connectivity index is 2.19. The highest BCUT2D eigenvalue weighted by atomic mass is 16.1. The minimum atomic E-state index is 0.0911. The Morgan fingerprint density at radius 1 is 1.17 bits per heavy atom. The second-order valence-corrected chi connectivity index (χ2v) is 6.22. The minimum Gasteiger partial charge on any atom is -0.354 e. The summed E-state index contributed by atoms with van der Waals surface area (Å²) in [4.78, 5) is 15.1. The number of Topliss-reactive ketones (excluding diaryl/α,β-unsaturated/α-hetero) is 1. The lowest BCUT2D eigenvalue weighted by Gasteiger charge is -2.14. The molecule has 2 nitrogen and oxygen atoms in total. The van der Waals surface area contributed by atoms with Crippen molar-refractivity contribution in [1.29, 1.82) is 0 Å². The van der Waals surface area contributed by atoms with E-state index >= 15 is 0 Å². The molecular weight excluding hydrogens is 294 g/mol. The van der Waals surface area contributed by atoms with E-state index in [1.807, 2.05) is 36.4 Å². The first kappa shape index (κ1) is 16.3. The zero-order valence-corrected chi connectivity index (χ0v) is 14.3. The summed E-state index contributed by atoms with van der Waals surface area (Å²) >= 11 is 0. The lowest BCUT2D eigenvalue weighted by molar-refractivity contribution is 0.101. The summed E-state index contributed by atoms with van der Waals surface area (Å²) in [5, 5.41) is 1.25. The highest BCUT2D eigenvalue weighted by Crippen LogP contribution is 2.38. The maximum absolute atomic E-state index is 11.5. The molecule has 122 valence electrons. The third kappa shape index (κ3) is 2.92. The van der Waals surface area contributed by atoms with E-state index in [4.69, 9.17) is 0 Å². The van der Waals surface area contributed by atoms with Crippen LogP contribution in [0.25, 0.3) is 22.2 Å². The fourth-order valence-electron chi connectivity index (χ4n) is 3.34. The molecule has 0 saturated carbocycles. The minimum absolute atomic E-state index is 0.0911. The van der Waals surface area contributed by atoms with Crippen molar-refractivity contribution in [2.75, 3.05) is 0 Å². The largest absolute Gasteiger partial charge is 0.354 e. The third-order valence-electron chi connectivity index (χ3n) is 4.58. The number of carbonyl (C=O) groups is 1. The van der Waals surface area contributed by atoms with E-state index in [1.54, 1.807) is 6.92 Å². The number of aromatic nitrogens is 1. The molecule has 24 heavy (non-hydrogen) atoms. The Hall–Kier alpha value is -2.61. The van der Waals surface area contributed by atoms with Crippen LogP contribution in [0.15, 0.2) is 61.2 Å². The number of ketones is 1. The Labute approximate surface area is 143 Å². The van der Waals surface area contributed by atoms with Crippen molar-refractivity contribution in [2.45, 2.75) is 32.6 Å². The van der Waals surface area contributed by atoms with Crippen LogP contribution >= 0.6 is 0 Å². The highest BCUT2D eigenvalue weighted by Gasteiger charge is 2.19. The van der Waals surface area contributed by atoms with E-state index in [-0.39, 0.29) is 5.78 Å². The first-order chi connectivity index (χ1) is 11.7. The molecule has 3 aromatic rings. The molecule has 0 radical (unpaired) electrons. The molecule has 2 heteroatoms. The van der Waals surface area contributed by atoms with Crippen molar-refractivity contribution >= 4 is 16.7 Å². The summed E-state index contributed by atoms with van der Waals surface area (Å²) in [6.45, 7) is 7.85. The Kier molecular flexibility index (Phi) is 4.66. The Morgan fingerprint density at radius 2 is 1.88 bits per heavy atom. The van der Waals surface area contributed by atoms with E-state index in [0.29, 0.717) is 5.92 Å². The first-order valence-electron chi connectivity index (χ1n) is 8.50. The van der Waals surface area contributed by atoms with Crippen molar-refractivity contribution in [3.8, 4) is 11.3 Å². The van der Waals surface area contributed by atoms with Crippen LogP contribution in [0.5, 0.6) is 0 Å². The standard InChI is InChI=1S/C22H23NO/c1-4-8-16(5-2)21-19-9-6-7-10-20(19)23-22(21)18-13-11-17(12-14-18)15(3)24/h5-7,9-14,16,23H,2,4,8H2,1,3H3. The summed E-state index contributed by atoms with van der Waals surface area (Å²) in [5.74, 6) is 0.405. The lowest BCUT2D eigenvalue weighted by Crippen LogP contribution is -1.97. The summed E-state index contributed by atoms with van der Waals surface area (Å²) in [5.41, 5.74) is 5.42. The van der Waals surface area contributed by atoms with Crippen molar-refractivity contribution in [2.24, 2.45) is 0 Å². The molecule has 1 heterocycles. The van der Waals surface area contributed by atoms with Crippen LogP contribution in [0.3, 0.4) is 0 Å². The fourth-order valence-corrected chi connectivity index (χ4v) is 3.34. The van der Waals surface area contributed by atoms with Gasteiger partial charge in [0.15, 0.2) is 5.78 Å². The average molecular weight is 317 g/mol. The molecule has 0 amide bonds. The maximum atomic E-state index is 11.5. The van der Waals surface area contributed by atoms with E-state index in [2.05, 4.69) is 36.7 Å². The molecule has 1 aromatic heterocycles. The number of nitrogens with one attached hydrogen (secondary N) is 1. The molecule has 1 unspecified atom stereocenters. The smallest absolute Gasteiger partial charge is 0.159 e. The third-order valence-corrected chi connectivity index (χ3v) is 4.58. The molecule has 1 N–H and O–H groups in total. The predicted octanol–water partition coefficient (Wildman–Crippen LogP) is 6.11. The number of allylic oxidation sites excluding steroid dienone is 1. The topological polar surface area (TPSA) is 32.9 Å². The number of hydrogen-bond acceptors (Lipinski definition) is 1. The maximum Gasteiger partial charge on any atom is 0.159 e. The Bertz CT molecular complexity index is 871. The molecule has 0 fully saturated rings. The van der Waals surface area contributed by atoms with Crippen molar-refractivity contribution in [1.82, 2.24) is 4.98 Å². The molecule has 0 spiro atoms. The summed E-state index contributed by atoms with van der Waals surface area (Å²) in [7, 11) is 0. The first-order valence-corrected chi connectivity index (χ1v) is 8.50. The van der Waals surface area contributed by atoms with E-state index in [0.717, 1.165) is 35.2 Å². The van der Waals surface area contributed by atoms with Gasteiger partial charge in [-0.3, -0.25) is 4.79 Å². The normalized spacial score (nSPS) is 12.2. The number of hydrogen-bond donors (Lipinski definition) is 1. The second-order valence-electron chi connectivity index (χ2n) is 6.22. The number of carbonyl (C=O) groups excluding carboxylic acids is 1. The number of rotatable bonds is 6. The van der Waals surface area contributed by atoms with Gasteiger partial charge in [-0.05, 0) is 30.5 Å². The zero-order valence-electron chi connectivity index (χ0n) is 14.3. The summed E-state index contributed by atoms with van der Waals surface area (Å²) in [6, 6.07) is 16.3. The van der Waals surface area contributed by atoms with Crippen molar-refractivity contribution in [3.63, 3.8) is 0 Å².